The predicted molar refractivity (Wildman–Crippen MR) is 74.0 cm³/mol. The average Bonchev–Trinajstić information content (AvgIpc) is 2.32. The molecule has 1 N–H and O–H groups in total. The second kappa shape index (κ2) is 6.50. The van der Waals surface area contributed by atoms with E-state index in [0.29, 0.717) is 12.0 Å². The third kappa shape index (κ3) is 3.29. The van der Waals surface area contributed by atoms with Crippen LogP contribution in [0.1, 0.15) is 44.2 Å². The van der Waals surface area contributed by atoms with Crippen molar-refractivity contribution in [2.75, 3.05) is 6.54 Å². The Hall–Kier alpha value is -1.42. The molecule has 0 aromatic heterocycles. The molecule has 0 amide bonds. The smallest absolute Gasteiger partial charge is 0.269 e. The van der Waals surface area contributed by atoms with Crippen LogP contribution in [0.4, 0.5) is 5.69 Å². The highest BCUT2D eigenvalue weighted by Gasteiger charge is 2.20. The quantitative estimate of drug-likeness (QED) is 0.622. The highest BCUT2D eigenvalue weighted by atomic mass is 16.6. The number of likely N-dealkylation sites (N-methyl/N-ethyl adjacent to an activating group) is 1. The lowest BCUT2D eigenvalue weighted by atomic mass is 9.87. The molecular weight excluding hydrogens is 228 g/mol. The van der Waals surface area contributed by atoms with Crippen molar-refractivity contribution in [1.29, 1.82) is 0 Å². The number of aryl methyl sites for hydroxylation is 1. The number of hydrogen-bond acceptors (Lipinski definition) is 3. The normalized spacial score (nSPS) is 14.2. The Bertz CT molecular complexity index is 418. The Morgan fingerprint density at radius 3 is 2.50 bits per heavy atom. The van der Waals surface area contributed by atoms with Crippen LogP contribution in [0.15, 0.2) is 18.2 Å². The van der Waals surface area contributed by atoms with Gasteiger partial charge in [0.05, 0.1) is 4.92 Å². The number of nitrogens with one attached hydrogen (secondary N) is 1. The van der Waals surface area contributed by atoms with E-state index in [1.54, 1.807) is 12.1 Å². The van der Waals surface area contributed by atoms with Crippen LogP contribution < -0.4 is 5.32 Å². The van der Waals surface area contributed by atoms with Crippen molar-refractivity contribution in [3.8, 4) is 0 Å². The molecule has 0 fully saturated rings. The number of hydrogen-bond donors (Lipinski definition) is 1. The molecule has 2 unspecified atom stereocenters. The lowest BCUT2D eigenvalue weighted by molar-refractivity contribution is -0.384. The van der Waals surface area contributed by atoms with Crippen molar-refractivity contribution in [3.05, 3.63) is 39.4 Å². The van der Waals surface area contributed by atoms with Gasteiger partial charge in [0, 0.05) is 18.2 Å². The van der Waals surface area contributed by atoms with Crippen LogP contribution in [0.2, 0.25) is 0 Å². The van der Waals surface area contributed by atoms with Gasteiger partial charge in [-0.25, -0.2) is 0 Å². The molecule has 0 aliphatic heterocycles. The Morgan fingerprint density at radius 2 is 2.06 bits per heavy atom. The molecule has 2 atom stereocenters. The summed E-state index contributed by atoms with van der Waals surface area (Å²) in [5, 5.41) is 14.2. The SMILES string of the molecule is CCNC(C)C(CC)c1ccc([N+](=O)[O-])cc1C. The fourth-order valence-electron chi connectivity index (χ4n) is 2.50. The third-order valence-corrected chi connectivity index (χ3v) is 3.43. The van der Waals surface area contributed by atoms with Gasteiger partial charge >= 0.3 is 0 Å². The summed E-state index contributed by atoms with van der Waals surface area (Å²) in [4.78, 5) is 10.4. The number of nitro benzene ring substituents is 1. The largest absolute Gasteiger partial charge is 0.314 e. The first-order valence-electron chi connectivity index (χ1n) is 6.49. The van der Waals surface area contributed by atoms with Crippen LogP contribution in [0, 0.1) is 17.0 Å². The van der Waals surface area contributed by atoms with E-state index in [2.05, 4.69) is 26.1 Å². The molecule has 18 heavy (non-hydrogen) atoms. The maximum Gasteiger partial charge on any atom is 0.269 e. The van der Waals surface area contributed by atoms with E-state index >= 15 is 0 Å². The second-order valence-electron chi connectivity index (χ2n) is 4.66. The molecule has 100 valence electrons. The van der Waals surface area contributed by atoms with Gasteiger partial charge in [0.2, 0.25) is 0 Å². The van der Waals surface area contributed by atoms with E-state index in [-0.39, 0.29) is 10.6 Å². The molecule has 1 rings (SSSR count). The van der Waals surface area contributed by atoms with Gasteiger partial charge < -0.3 is 5.32 Å². The minimum absolute atomic E-state index is 0.169. The van der Waals surface area contributed by atoms with Crippen molar-refractivity contribution in [1.82, 2.24) is 5.32 Å². The Labute approximate surface area is 109 Å². The molecular formula is C14H22N2O2. The standard InChI is InChI=1S/C14H22N2O2/c1-5-13(11(4)15-6-2)14-8-7-12(16(17)18)9-10(14)3/h7-9,11,13,15H,5-6H2,1-4H3. The lowest BCUT2D eigenvalue weighted by Gasteiger charge is -2.25. The summed E-state index contributed by atoms with van der Waals surface area (Å²) in [6.07, 6.45) is 1.02. The molecule has 4 nitrogen and oxygen atoms in total. The Balaban J connectivity index is 3.03. The Kier molecular flexibility index (Phi) is 5.28. The van der Waals surface area contributed by atoms with Crippen LogP contribution >= 0.6 is 0 Å². The summed E-state index contributed by atoms with van der Waals surface area (Å²) in [6.45, 7) is 9.29. The van der Waals surface area contributed by atoms with Crippen molar-refractivity contribution < 1.29 is 4.92 Å². The predicted octanol–water partition coefficient (Wildman–Crippen LogP) is 3.39. The number of nitrogens with zero attached hydrogens (tertiary/aromatic N) is 1. The van der Waals surface area contributed by atoms with Crippen LogP contribution in [0.25, 0.3) is 0 Å². The first-order valence-corrected chi connectivity index (χ1v) is 6.49. The minimum Gasteiger partial charge on any atom is -0.314 e. The maximum absolute atomic E-state index is 10.7. The van der Waals surface area contributed by atoms with Gasteiger partial charge in [-0.05, 0) is 43.9 Å². The molecule has 1 aromatic carbocycles. The molecule has 0 spiro atoms. The van der Waals surface area contributed by atoms with Crippen LogP contribution in [0.3, 0.4) is 0 Å². The van der Waals surface area contributed by atoms with E-state index in [1.165, 1.54) is 5.56 Å². The van der Waals surface area contributed by atoms with Gasteiger partial charge in [0.1, 0.15) is 0 Å². The van der Waals surface area contributed by atoms with Gasteiger partial charge in [0.15, 0.2) is 0 Å². The average molecular weight is 250 g/mol. The van der Waals surface area contributed by atoms with Gasteiger partial charge in [-0.3, -0.25) is 10.1 Å². The first kappa shape index (κ1) is 14.6. The first-order chi connectivity index (χ1) is 8.51. The number of benzene rings is 1. The van der Waals surface area contributed by atoms with E-state index in [4.69, 9.17) is 0 Å². The lowest BCUT2D eigenvalue weighted by Crippen LogP contribution is -2.32. The minimum atomic E-state index is -0.342. The fraction of sp³-hybridized carbons (Fsp3) is 0.571. The molecule has 1 aromatic rings. The summed E-state index contributed by atoms with van der Waals surface area (Å²) in [5.74, 6) is 0.394. The summed E-state index contributed by atoms with van der Waals surface area (Å²) in [5.41, 5.74) is 2.37. The van der Waals surface area contributed by atoms with Gasteiger partial charge in [-0.15, -0.1) is 0 Å². The molecule has 0 saturated carbocycles. The monoisotopic (exact) mass is 250 g/mol. The zero-order valence-corrected chi connectivity index (χ0v) is 11.6. The molecule has 0 heterocycles. The Morgan fingerprint density at radius 1 is 1.39 bits per heavy atom. The highest BCUT2D eigenvalue weighted by Crippen LogP contribution is 2.28. The third-order valence-electron chi connectivity index (χ3n) is 3.43. The molecule has 0 radical (unpaired) electrons. The van der Waals surface area contributed by atoms with E-state index in [9.17, 15) is 10.1 Å². The molecule has 0 bridgehead atoms. The van der Waals surface area contributed by atoms with Crippen LogP contribution in [0.5, 0.6) is 0 Å². The molecule has 4 heteroatoms. The maximum atomic E-state index is 10.7. The summed E-state index contributed by atoms with van der Waals surface area (Å²) >= 11 is 0. The number of nitro groups is 1. The molecule has 0 saturated heterocycles. The number of non-ortho nitro benzene ring substituents is 1. The van der Waals surface area contributed by atoms with E-state index < -0.39 is 0 Å². The van der Waals surface area contributed by atoms with Gasteiger partial charge in [0.25, 0.3) is 5.69 Å². The van der Waals surface area contributed by atoms with Crippen molar-refractivity contribution in [2.24, 2.45) is 0 Å². The topological polar surface area (TPSA) is 55.2 Å². The van der Waals surface area contributed by atoms with Gasteiger partial charge in [-0.2, -0.15) is 0 Å². The summed E-state index contributed by atoms with van der Waals surface area (Å²) in [6, 6.07) is 5.54. The fourth-order valence-corrected chi connectivity index (χ4v) is 2.50. The summed E-state index contributed by atoms with van der Waals surface area (Å²) < 4.78 is 0. The molecule has 0 aliphatic carbocycles. The highest BCUT2D eigenvalue weighted by molar-refractivity contribution is 5.41. The zero-order valence-electron chi connectivity index (χ0n) is 11.6. The van der Waals surface area contributed by atoms with Crippen LogP contribution in [-0.4, -0.2) is 17.5 Å². The van der Waals surface area contributed by atoms with Crippen molar-refractivity contribution in [3.63, 3.8) is 0 Å². The number of rotatable bonds is 6. The zero-order chi connectivity index (χ0) is 13.7. The second-order valence-corrected chi connectivity index (χ2v) is 4.66. The summed E-state index contributed by atoms with van der Waals surface area (Å²) in [7, 11) is 0. The molecule has 0 aliphatic rings. The van der Waals surface area contributed by atoms with Crippen molar-refractivity contribution in [2.45, 2.75) is 46.1 Å². The van der Waals surface area contributed by atoms with Crippen LogP contribution in [-0.2, 0) is 0 Å². The van der Waals surface area contributed by atoms with E-state index in [0.717, 1.165) is 18.5 Å². The van der Waals surface area contributed by atoms with Crippen molar-refractivity contribution >= 4 is 5.69 Å². The van der Waals surface area contributed by atoms with E-state index in [1.807, 2.05) is 13.0 Å². The van der Waals surface area contributed by atoms with Gasteiger partial charge in [-0.1, -0.05) is 19.9 Å².